The molecule has 146 valence electrons. The molecule has 0 fully saturated rings. The molecule has 0 aliphatic heterocycles. The van der Waals surface area contributed by atoms with Gasteiger partial charge in [-0.3, -0.25) is 15.6 Å². The predicted molar refractivity (Wildman–Crippen MR) is 103 cm³/mol. The highest BCUT2D eigenvalue weighted by Crippen LogP contribution is 2.15. The van der Waals surface area contributed by atoms with Crippen molar-refractivity contribution in [1.29, 1.82) is 0 Å². The van der Waals surface area contributed by atoms with Crippen LogP contribution in [-0.2, 0) is 6.42 Å². The molecule has 2 aromatic heterocycles. The lowest BCUT2D eigenvalue weighted by atomic mass is 10.0. The molecule has 0 aliphatic carbocycles. The van der Waals surface area contributed by atoms with Crippen molar-refractivity contribution in [2.45, 2.75) is 27.2 Å². The molecule has 0 saturated heterocycles. The van der Waals surface area contributed by atoms with E-state index in [1.165, 1.54) is 10.2 Å². The number of hydrogen-bond donors (Lipinski definition) is 3. The maximum Gasteiger partial charge on any atom is 0.292 e. The summed E-state index contributed by atoms with van der Waals surface area (Å²) >= 11 is 0. The van der Waals surface area contributed by atoms with Crippen molar-refractivity contribution in [2.24, 2.45) is 5.92 Å². The summed E-state index contributed by atoms with van der Waals surface area (Å²) in [6.07, 6.45) is 1.01. The molecule has 10 nitrogen and oxygen atoms in total. The molecule has 0 spiro atoms. The fourth-order valence-electron chi connectivity index (χ4n) is 2.65. The average molecular weight is 382 g/mol. The maximum absolute atomic E-state index is 12.4. The number of nitrogens with one attached hydrogen (secondary N) is 2. The monoisotopic (exact) mass is 382 g/mol. The van der Waals surface area contributed by atoms with Gasteiger partial charge in [-0.05, 0) is 40.7 Å². The van der Waals surface area contributed by atoms with E-state index < -0.39 is 5.91 Å². The molecule has 0 atom stereocenters. The Morgan fingerprint density at radius 2 is 1.96 bits per heavy atom. The van der Waals surface area contributed by atoms with Crippen LogP contribution in [0.2, 0.25) is 0 Å². The standard InChI is InChI=1S/C18H22N8O2/c1-10(2)9-13-5-7-14(8-6-13)11(3)20-22-18(27)15-12(4)26(25-21-15)17-16(19)23-28-24-17/h5-8,10,20H,3,9H2,1-2,4H3,(H2,19,23)(H,22,27). The van der Waals surface area contributed by atoms with Crippen molar-refractivity contribution in [2.75, 3.05) is 5.73 Å². The Hall–Kier alpha value is -3.69. The lowest BCUT2D eigenvalue weighted by Crippen LogP contribution is -2.36. The van der Waals surface area contributed by atoms with Gasteiger partial charge in [0.05, 0.1) is 11.4 Å². The van der Waals surface area contributed by atoms with Crippen LogP contribution in [0.4, 0.5) is 5.82 Å². The topological polar surface area (TPSA) is 137 Å². The summed E-state index contributed by atoms with van der Waals surface area (Å²) in [5.41, 5.74) is 14.2. The smallest absolute Gasteiger partial charge is 0.292 e. The lowest BCUT2D eigenvalue weighted by molar-refractivity contribution is 0.0936. The van der Waals surface area contributed by atoms with Crippen LogP contribution in [0.5, 0.6) is 0 Å². The van der Waals surface area contributed by atoms with Crippen LogP contribution < -0.4 is 16.6 Å². The summed E-state index contributed by atoms with van der Waals surface area (Å²) in [4.78, 5) is 12.4. The van der Waals surface area contributed by atoms with Crippen molar-refractivity contribution in [3.05, 3.63) is 53.4 Å². The SMILES string of the molecule is C=C(NNC(=O)c1nnn(-c2nonc2N)c1C)c1ccc(CC(C)C)cc1. The number of nitrogens with zero attached hydrogens (tertiary/aromatic N) is 5. The van der Waals surface area contributed by atoms with Crippen molar-refractivity contribution in [3.63, 3.8) is 0 Å². The number of carbonyl (C=O) groups excluding carboxylic acids is 1. The third kappa shape index (κ3) is 4.00. The van der Waals surface area contributed by atoms with E-state index in [1.54, 1.807) is 6.92 Å². The fraction of sp³-hybridized carbons (Fsp3) is 0.278. The second kappa shape index (κ2) is 7.91. The van der Waals surface area contributed by atoms with Gasteiger partial charge in [-0.1, -0.05) is 49.9 Å². The molecule has 1 amide bonds. The molecule has 0 aliphatic rings. The first-order valence-corrected chi connectivity index (χ1v) is 8.72. The third-order valence-electron chi connectivity index (χ3n) is 4.08. The molecule has 10 heteroatoms. The molecule has 3 aromatic rings. The van der Waals surface area contributed by atoms with Crippen LogP contribution in [0.1, 0.15) is 41.2 Å². The van der Waals surface area contributed by atoms with E-state index in [9.17, 15) is 4.79 Å². The number of hydrazine groups is 1. The van der Waals surface area contributed by atoms with Gasteiger partial charge in [0.15, 0.2) is 5.69 Å². The molecule has 1 aromatic carbocycles. The Bertz CT molecular complexity index is 987. The highest BCUT2D eigenvalue weighted by atomic mass is 16.6. The molecule has 3 rings (SSSR count). The van der Waals surface area contributed by atoms with E-state index in [0.717, 1.165) is 12.0 Å². The fourth-order valence-corrected chi connectivity index (χ4v) is 2.65. The Morgan fingerprint density at radius 1 is 1.25 bits per heavy atom. The normalized spacial score (nSPS) is 10.9. The zero-order chi connectivity index (χ0) is 20.3. The number of anilines is 1. The molecular formula is C18H22N8O2. The average Bonchev–Trinajstić information content (AvgIpc) is 3.24. The summed E-state index contributed by atoms with van der Waals surface area (Å²) < 4.78 is 5.82. The number of benzene rings is 1. The van der Waals surface area contributed by atoms with Crippen LogP contribution in [0.25, 0.3) is 11.5 Å². The number of nitrogens with two attached hydrogens (primary N) is 1. The van der Waals surface area contributed by atoms with Crippen molar-refractivity contribution >= 4 is 17.4 Å². The first-order valence-electron chi connectivity index (χ1n) is 8.72. The summed E-state index contributed by atoms with van der Waals surface area (Å²) in [6, 6.07) is 8.02. The largest absolute Gasteiger partial charge is 0.378 e. The van der Waals surface area contributed by atoms with E-state index in [4.69, 9.17) is 5.73 Å². The van der Waals surface area contributed by atoms with E-state index >= 15 is 0 Å². The molecule has 4 N–H and O–H groups in total. The highest BCUT2D eigenvalue weighted by molar-refractivity contribution is 5.93. The van der Waals surface area contributed by atoms with E-state index in [0.29, 0.717) is 17.3 Å². The van der Waals surface area contributed by atoms with Gasteiger partial charge in [0.2, 0.25) is 11.6 Å². The van der Waals surface area contributed by atoms with Gasteiger partial charge in [0.25, 0.3) is 5.91 Å². The quantitative estimate of drug-likeness (QED) is 0.525. The molecule has 0 radical (unpaired) electrons. The second-order valence-corrected chi connectivity index (χ2v) is 6.76. The first-order chi connectivity index (χ1) is 13.4. The van der Waals surface area contributed by atoms with Gasteiger partial charge in [-0.15, -0.1) is 5.10 Å². The molecule has 2 heterocycles. The van der Waals surface area contributed by atoms with Gasteiger partial charge in [-0.25, -0.2) is 4.63 Å². The number of carbonyl (C=O) groups is 1. The van der Waals surface area contributed by atoms with Crippen molar-refractivity contribution in [1.82, 2.24) is 36.2 Å². The zero-order valence-electron chi connectivity index (χ0n) is 15.9. The van der Waals surface area contributed by atoms with Crippen LogP contribution in [-0.4, -0.2) is 31.2 Å². The third-order valence-corrected chi connectivity index (χ3v) is 4.08. The number of rotatable bonds is 7. The van der Waals surface area contributed by atoms with Gasteiger partial charge in [0.1, 0.15) is 0 Å². The van der Waals surface area contributed by atoms with Gasteiger partial charge in [-0.2, -0.15) is 4.68 Å². The lowest BCUT2D eigenvalue weighted by Gasteiger charge is -2.12. The summed E-state index contributed by atoms with van der Waals surface area (Å²) in [5.74, 6) is 0.332. The zero-order valence-corrected chi connectivity index (χ0v) is 15.9. The summed E-state index contributed by atoms with van der Waals surface area (Å²) in [5, 5.41) is 14.9. The molecular weight excluding hydrogens is 360 g/mol. The van der Waals surface area contributed by atoms with Crippen LogP contribution in [0, 0.1) is 12.8 Å². The van der Waals surface area contributed by atoms with Crippen LogP contribution in [0.15, 0.2) is 35.5 Å². The predicted octanol–water partition coefficient (Wildman–Crippen LogP) is 1.64. The number of aromatic nitrogens is 5. The first kappa shape index (κ1) is 19.1. The number of amides is 1. The van der Waals surface area contributed by atoms with Crippen molar-refractivity contribution < 1.29 is 9.42 Å². The van der Waals surface area contributed by atoms with Crippen LogP contribution in [0.3, 0.4) is 0 Å². The van der Waals surface area contributed by atoms with Gasteiger partial charge >= 0.3 is 0 Å². The van der Waals surface area contributed by atoms with E-state index in [1.807, 2.05) is 12.1 Å². The van der Waals surface area contributed by atoms with E-state index in [2.05, 4.69) is 68.7 Å². The summed E-state index contributed by atoms with van der Waals surface area (Å²) in [6.45, 7) is 9.96. The Labute approximate surface area is 161 Å². The molecule has 0 saturated carbocycles. The minimum Gasteiger partial charge on any atom is -0.378 e. The van der Waals surface area contributed by atoms with Gasteiger partial charge in [0, 0.05) is 0 Å². The van der Waals surface area contributed by atoms with Gasteiger partial charge < -0.3 is 5.73 Å². The van der Waals surface area contributed by atoms with E-state index in [-0.39, 0.29) is 17.3 Å². The second-order valence-electron chi connectivity index (χ2n) is 6.76. The van der Waals surface area contributed by atoms with Crippen LogP contribution >= 0.6 is 0 Å². The Balaban J connectivity index is 1.63. The maximum atomic E-state index is 12.4. The Morgan fingerprint density at radius 3 is 2.57 bits per heavy atom. The number of nitrogen functional groups attached to an aromatic ring is 1. The number of hydrogen-bond acceptors (Lipinski definition) is 8. The Kier molecular flexibility index (Phi) is 5.39. The van der Waals surface area contributed by atoms with Crippen molar-refractivity contribution in [3.8, 4) is 5.82 Å². The minimum atomic E-state index is -0.476. The molecule has 0 unspecified atom stereocenters. The minimum absolute atomic E-state index is 0.0485. The highest BCUT2D eigenvalue weighted by Gasteiger charge is 2.20. The molecule has 0 bridgehead atoms. The molecule has 28 heavy (non-hydrogen) atoms. The summed E-state index contributed by atoms with van der Waals surface area (Å²) in [7, 11) is 0.